The number of nitrogens with zero attached hydrogens (tertiary/aromatic N) is 5. The minimum absolute atomic E-state index is 0.927. The zero-order valence-electron chi connectivity index (χ0n) is 30.3. The summed E-state index contributed by atoms with van der Waals surface area (Å²) in [7, 11) is 0. The standard InChI is InChI=1S/C51H33N5/c1-2-14-39(15-3-1)56-49-33-35(24-25-42(49)43-19-12-28-54-51(43)56)41-18-11-23-48-50(41)44-17-4-5-22-47(44)55(48)40-16-10-13-34(32-40)36-29-37(45-20-6-8-26-52-45)31-38(30-36)46-21-7-9-27-53-46/h1-33H. The molecule has 262 valence electrons. The van der Waals surface area contributed by atoms with Crippen LogP contribution in [0.5, 0.6) is 0 Å². The summed E-state index contributed by atoms with van der Waals surface area (Å²) in [5.41, 5.74) is 15.1. The smallest absolute Gasteiger partial charge is 0.145 e. The van der Waals surface area contributed by atoms with Crippen LogP contribution in [0.1, 0.15) is 0 Å². The summed E-state index contributed by atoms with van der Waals surface area (Å²) in [6.07, 6.45) is 5.57. The molecular formula is C51H33N5. The van der Waals surface area contributed by atoms with Crippen LogP contribution < -0.4 is 0 Å². The largest absolute Gasteiger partial charge is 0.309 e. The summed E-state index contributed by atoms with van der Waals surface area (Å²) in [4.78, 5) is 14.2. The molecule has 0 saturated heterocycles. The predicted octanol–water partition coefficient (Wildman–Crippen LogP) is 12.7. The third-order valence-electron chi connectivity index (χ3n) is 10.8. The average molecular weight is 716 g/mol. The lowest BCUT2D eigenvalue weighted by molar-refractivity contribution is 1.14. The topological polar surface area (TPSA) is 48.5 Å². The van der Waals surface area contributed by atoms with Gasteiger partial charge in [-0.3, -0.25) is 14.5 Å². The zero-order chi connectivity index (χ0) is 37.0. The first-order valence-corrected chi connectivity index (χ1v) is 18.8. The maximum absolute atomic E-state index is 4.85. The lowest BCUT2D eigenvalue weighted by Crippen LogP contribution is -1.95. The van der Waals surface area contributed by atoms with E-state index in [0.717, 1.165) is 78.2 Å². The fourth-order valence-corrected chi connectivity index (χ4v) is 8.37. The summed E-state index contributed by atoms with van der Waals surface area (Å²) in [5.74, 6) is 0. The van der Waals surface area contributed by atoms with Crippen LogP contribution in [0.3, 0.4) is 0 Å². The Morgan fingerprint density at radius 2 is 0.982 bits per heavy atom. The van der Waals surface area contributed by atoms with Crippen molar-refractivity contribution in [1.82, 2.24) is 24.1 Å². The van der Waals surface area contributed by atoms with Gasteiger partial charge < -0.3 is 4.57 Å². The van der Waals surface area contributed by atoms with Gasteiger partial charge in [-0.2, -0.15) is 0 Å². The summed E-state index contributed by atoms with van der Waals surface area (Å²) in [6, 6.07) is 64.6. The van der Waals surface area contributed by atoms with Crippen LogP contribution in [-0.2, 0) is 0 Å². The van der Waals surface area contributed by atoms with Gasteiger partial charge in [-0.25, -0.2) is 4.98 Å². The van der Waals surface area contributed by atoms with Gasteiger partial charge in [0.15, 0.2) is 0 Å². The van der Waals surface area contributed by atoms with Gasteiger partial charge in [-0.05, 0) is 119 Å². The van der Waals surface area contributed by atoms with E-state index in [1.165, 1.54) is 21.7 Å². The Labute approximate surface area is 323 Å². The van der Waals surface area contributed by atoms with E-state index in [1.807, 2.05) is 48.9 Å². The monoisotopic (exact) mass is 715 g/mol. The van der Waals surface area contributed by atoms with Crippen LogP contribution in [0.4, 0.5) is 0 Å². The van der Waals surface area contributed by atoms with Crippen molar-refractivity contribution in [2.45, 2.75) is 0 Å². The van der Waals surface area contributed by atoms with E-state index < -0.39 is 0 Å². The highest BCUT2D eigenvalue weighted by atomic mass is 15.0. The molecule has 56 heavy (non-hydrogen) atoms. The first-order valence-electron chi connectivity index (χ1n) is 18.8. The van der Waals surface area contributed by atoms with E-state index in [2.05, 4.69) is 161 Å². The Kier molecular flexibility index (Phi) is 7.42. The average Bonchev–Trinajstić information content (AvgIpc) is 3.80. The Balaban J connectivity index is 1.10. The normalized spacial score (nSPS) is 11.6. The highest BCUT2D eigenvalue weighted by Gasteiger charge is 2.19. The third-order valence-corrected chi connectivity index (χ3v) is 10.8. The SMILES string of the molecule is c1ccc(-n2c3cc(-c4cccc5c4c4ccccc4n5-c4cccc(-c5cc(-c6ccccn6)cc(-c6ccccn6)c5)c4)ccc3c3cccnc32)cc1. The van der Waals surface area contributed by atoms with Gasteiger partial charge in [0.1, 0.15) is 5.65 Å². The van der Waals surface area contributed by atoms with Gasteiger partial charge in [0, 0.05) is 62.6 Å². The van der Waals surface area contributed by atoms with Crippen LogP contribution in [0, 0.1) is 0 Å². The lowest BCUT2D eigenvalue weighted by atomic mass is 9.96. The molecule has 6 aromatic carbocycles. The van der Waals surface area contributed by atoms with E-state index in [9.17, 15) is 0 Å². The quantitative estimate of drug-likeness (QED) is 0.172. The third kappa shape index (κ3) is 5.21. The van der Waals surface area contributed by atoms with E-state index in [-0.39, 0.29) is 0 Å². The van der Waals surface area contributed by atoms with Gasteiger partial charge in [-0.1, -0.05) is 84.9 Å². The minimum Gasteiger partial charge on any atom is -0.309 e. The molecule has 5 nitrogen and oxygen atoms in total. The zero-order valence-corrected chi connectivity index (χ0v) is 30.3. The van der Waals surface area contributed by atoms with Crippen molar-refractivity contribution in [3.8, 4) is 56.1 Å². The molecule has 11 rings (SSSR count). The lowest BCUT2D eigenvalue weighted by Gasteiger charge is -2.13. The van der Waals surface area contributed by atoms with Crippen molar-refractivity contribution < 1.29 is 0 Å². The molecule has 0 aliphatic carbocycles. The predicted molar refractivity (Wildman–Crippen MR) is 230 cm³/mol. The van der Waals surface area contributed by atoms with Crippen LogP contribution in [-0.4, -0.2) is 24.1 Å². The first kappa shape index (κ1) is 31.9. The van der Waals surface area contributed by atoms with Crippen molar-refractivity contribution >= 4 is 43.7 Å². The van der Waals surface area contributed by atoms with Crippen molar-refractivity contribution in [2.24, 2.45) is 0 Å². The molecular weight excluding hydrogens is 683 g/mol. The molecule has 0 N–H and O–H groups in total. The van der Waals surface area contributed by atoms with Crippen molar-refractivity contribution in [2.75, 3.05) is 0 Å². The molecule has 0 unspecified atom stereocenters. The fourth-order valence-electron chi connectivity index (χ4n) is 8.37. The van der Waals surface area contributed by atoms with E-state index in [4.69, 9.17) is 15.0 Å². The molecule has 0 atom stereocenters. The van der Waals surface area contributed by atoms with Crippen molar-refractivity contribution in [3.63, 3.8) is 0 Å². The number of para-hydroxylation sites is 2. The van der Waals surface area contributed by atoms with Gasteiger partial charge in [-0.15, -0.1) is 0 Å². The molecule has 5 heteroatoms. The molecule has 5 aromatic heterocycles. The molecule has 11 aromatic rings. The van der Waals surface area contributed by atoms with Crippen LogP contribution in [0.15, 0.2) is 201 Å². The number of hydrogen-bond donors (Lipinski definition) is 0. The number of aromatic nitrogens is 5. The Bertz CT molecular complexity index is 3180. The Morgan fingerprint density at radius 1 is 0.321 bits per heavy atom. The molecule has 0 radical (unpaired) electrons. The number of pyridine rings is 3. The maximum atomic E-state index is 4.85. The fraction of sp³-hybridized carbons (Fsp3) is 0. The number of hydrogen-bond acceptors (Lipinski definition) is 3. The van der Waals surface area contributed by atoms with Crippen molar-refractivity contribution in [3.05, 3.63) is 201 Å². The molecule has 5 heterocycles. The summed E-state index contributed by atoms with van der Waals surface area (Å²) < 4.78 is 4.69. The van der Waals surface area contributed by atoms with Crippen LogP contribution in [0.25, 0.3) is 99.9 Å². The summed E-state index contributed by atoms with van der Waals surface area (Å²) in [6.45, 7) is 0. The molecule has 0 amide bonds. The number of fused-ring (bicyclic) bond motifs is 6. The van der Waals surface area contributed by atoms with Gasteiger partial charge in [0.25, 0.3) is 0 Å². The Morgan fingerprint density at radius 3 is 1.77 bits per heavy atom. The number of benzene rings is 6. The summed E-state index contributed by atoms with van der Waals surface area (Å²) in [5, 5.41) is 4.77. The Hall–Kier alpha value is -7.63. The second-order valence-electron chi connectivity index (χ2n) is 14.1. The summed E-state index contributed by atoms with van der Waals surface area (Å²) >= 11 is 0. The highest BCUT2D eigenvalue weighted by molar-refractivity contribution is 6.17. The van der Waals surface area contributed by atoms with Crippen LogP contribution in [0.2, 0.25) is 0 Å². The molecule has 0 spiro atoms. The number of rotatable bonds is 6. The first-order chi connectivity index (χ1) is 27.8. The van der Waals surface area contributed by atoms with Gasteiger partial charge >= 0.3 is 0 Å². The van der Waals surface area contributed by atoms with Crippen molar-refractivity contribution in [1.29, 1.82) is 0 Å². The van der Waals surface area contributed by atoms with E-state index in [0.29, 0.717) is 0 Å². The van der Waals surface area contributed by atoms with E-state index in [1.54, 1.807) is 0 Å². The van der Waals surface area contributed by atoms with Crippen LogP contribution >= 0.6 is 0 Å². The molecule has 0 fully saturated rings. The molecule has 0 aliphatic heterocycles. The molecule has 0 bridgehead atoms. The second kappa shape index (κ2) is 13.0. The molecule has 0 aliphatic rings. The second-order valence-corrected chi connectivity index (χ2v) is 14.1. The minimum atomic E-state index is 0.927. The maximum Gasteiger partial charge on any atom is 0.145 e. The molecule has 0 saturated carbocycles. The van der Waals surface area contributed by atoms with Gasteiger partial charge in [0.2, 0.25) is 0 Å². The highest BCUT2D eigenvalue weighted by Crippen LogP contribution is 2.41. The van der Waals surface area contributed by atoms with Gasteiger partial charge in [0.05, 0.1) is 27.9 Å². The van der Waals surface area contributed by atoms with E-state index >= 15 is 0 Å².